The first-order valence-corrected chi connectivity index (χ1v) is 3.88. The second-order valence-corrected chi connectivity index (χ2v) is 2.94. The Morgan fingerprint density at radius 3 is 2.36 bits per heavy atom. The summed E-state index contributed by atoms with van der Waals surface area (Å²) in [7, 11) is 0. The van der Waals surface area contributed by atoms with Gasteiger partial charge in [-0.1, -0.05) is 6.58 Å². The number of rotatable bonds is 2. The summed E-state index contributed by atoms with van der Waals surface area (Å²) in [5.41, 5.74) is 0.253. The second-order valence-electron chi connectivity index (χ2n) is 2.94. The minimum absolute atomic E-state index is 0.0283. The maximum absolute atomic E-state index is 10.6. The Labute approximate surface area is 80.7 Å². The van der Waals surface area contributed by atoms with Gasteiger partial charge in [0.2, 0.25) is 0 Å². The second kappa shape index (κ2) is 3.41. The molecule has 0 bridgehead atoms. The van der Waals surface area contributed by atoms with Crippen LogP contribution in [-0.2, 0) is 4.79 Å². The van der Waals surface area contributed by atoms with E-state index in [9.17, 15) is 15.0 Å². The van der Waals surface area contributed by atoms with Crippen LogP contribution in [0.1, 0.15) is 11.1 Å². The zero-order chi connectivity index (χ0) is 10.9. The lowest BCUT2D eigenvalue weighted by atomic mass is 10.0. The maximum atomic E-state index is 10.6. The highest BCUT2D eigenvalue weighted by atomic mass is 16.4. The highest BCUT2D eigenvalue weighted by Gasteiger charge is 2.13. The van der Waals surface area contributed by atoms with Crippen LogP contribution in [0.25, 0.3) is 5.57 Å². The van der Waals surface area contributed by atoms with Crippen molar-refractivity contribution in [2.45, 2.75) is 6.92 Å². The average molecular weight is 194 g/mol. The molecule has 0 unspecified atom stereocenters. The van der Waals surface area contributed by atoms with Crippen LogP contribution in [0, 0.1) is 6.92 Å². The summed E-state index contributed by atoms with van der Waals surface area (Å²) >= 11 is 0. The van der Waals surface area contributed by atoms with E-state index in [1.807, 2.05) is 0 Å². The summed E-state index contributed by atoms with van der Waals surface area (Å²) in [5.74, 6) is -1.50. The molecule has 4 heteroatoms. The number of carboxylic acid groups (broad SMARTS) is 1. The standard InChI is InChI=1S/C10H10O4/c1-5-3-9(12)7(4-8(5)11)6(2)10(13)14/h3-4,11-12H,2H2,1H3,(H,13,14). The van der Waals surface area contributed by atoms with E-state index in [0.29, 0.717) is 5.56 Å². The van der Waals surface area contributed by atoms with Gasteiger partial charge in [0.25, 0.3) is 0 Å². The van der Waals surface area contributed by atoms with Crippen molar-refractivity contribution in [2.75, 3.05) is 0 Å². The SMILES string of the molecule is C=C(C(=O)O)c1cc(O)c(C)cc1O. The van der Waals surface area contributed by atoms with Crippen LogP contribution in [0.4, 0.5) is 0 Å². The summed E-state index contributed by atoms with van der Waals surface area (Å²) in [6.07, 6.45) is 0. The third-order valence-electron chi connectivity index (χ3n) is 1.90. The van der Waals surface area contributed by atoms with E-state index in [2.05, 4.69) is 6.58 Å². The van der Waals surface area contributed by atoms with Crippen molar-refractivity contribution < 1.29 is 20.1 Å². The number of aryl methyl sites for hydroxylation is 1. The molecule has 1 aromatic rings. The third kappa shape index (κ3) is 1.69. The van der Waals surface area contributed by atoms with E-state index in [-0.39, 0.29) is 22.6 Å². The molecular formula is C10H10O4. The van der Waals surface area contributed by atoms with Crippen molar-refractivity contribution in [3.8, 4) is 11.5 Å². The number of benzene rings is 1. The molecule has 0 radical (unpaired) electrons. The Balaban J connectivity index is 3.29. The first-order valence-electron chi connectivity index (χ1n) is 3.88. The van der Waals surface area contributed by atoms with Crippen LogP contribution >= 0.6 is 0 Å². The van der Waals surface area contributed by atoms with E-state index in [4.69, 9.17) is 5.11 Å². The summed E-state index contributed by atoms with van der Waals surface area (Å²) < 4.78 is 0. The van der Waals surface area contributed by atoms with Crippen molar-refractivity contribution in [3.05, 3.63) is 29.8 Å². The Morgan fingerprint density at radius 2 is 1.86 bits per heavy atom. The molecule has 1 rings (SSSR count). The van der Waals surface area contributed by atoms with Crippen molar-refractivity contribution in [1.29, 1.82) is 0 Å². The number of aromatic hydroxyl groups is 2. The predicted octanol–water partition coefficient (Wildman–Crippen LogP) is 1.50. The number of aliphatic carboxylic acids is 1. The van der Waals surface area contributed by atoms with Crippen LogP contribution in [0.3, 0.4) is 0 Å². The van der Waals surface area contributed by atoms with E-state index in [1.165, 1.54) is 12.1 Å². The quantitative estimate of drug-likeness (QED) is 0.492. The average Bonchev–Trinajstić information content (AvgIpc) is 2.10. The van der Waals surface area contributed by atoms with Gasteiger partial charge in [0, 0.05) is 5.56 Å². The van der Waals surface area contributed by atoms with Gasteiger partial charge < -0.3 is 15.3 Å². The fourth-order valence-electron chi connectivity index (χ4n) is 1.04. The summed E-state index contributed by atoms with van der Waals surface area (Å²) in [5, 5.41) is 27.3. The number of carbonyl (C=O) groups is 1. The minimum Gasteiger partial charge on any atom is -0.508 e. The summed E-state index contributed by atoms with van der Waals surface area (Å²) in [6, 6.07) is 2.47. The molecule has 0 saturated carbocycles. The molecule has 0 fully saturated rings. The molecule has 0 aliphatic carbocycles. The molecule has 0 aliphatic heterocycles. The highest BCUT2D eigenvalue weighted by Crippen LogP contribution is 2.30. The largest absolute Gasteiger partial charge is 0.508 e. The molecule has 1 aromatic carbocycles. The van der Waals surface area contributed by atoms with Crippen molar-refractivity contribution in [3.63, 3.8) is 0 Å². The fraction of sp³-hybridized carbons (Fsp3) is 0.100. The Hall–Kier alpha value is -1.97. The molecule has 4 nitrogen and oxygen atoms in total. The number of hydrogen-bond donors (Lipinski definition) is 3. The normalized spacial score (nSPS) is 9.79. The monoisotopic (exact) mass is 194 g/mol. The van der Waals surface area contributed by atoms with E-state index >= 15 is 0 Å². The van der Waals surface area contributed by atoms with Gasteiger partial charge in [-0.05, 0) is 24.6 Å². The lowest BCUT2D eigenvalue weighted by Crippen LogP contribution is -1.98. The van der Waals surface area contributed by atoms with Crippen LogP contribution in [0.15, 0.2) is 18.7 Å². The first kappa shape index (κ1) is 10.1. The van der Waals surface area contributed by atoms with Gasteiger partial charge in [0.15, 0.2) is 0 Å². The number of carboxylic acids is 1. The molecule has 3 N–H and O–H groups in total. The number of hydrogen-bond acceptors (Lipinski definition) is 3. The Morgan fingerprint density at radius 1 is 1.29 bits per heavy atom. The smallest absolute Gasteiger partial charge is 0.335 e. The molecule has 0 saturated heterocycles. The molecule has 0 heterocycles. The number of phenols is 2. The van der Waals surface area contributed by atoms with Gasteiger partial charge in [-0.25, -0.2) is 4.79 Å². The zero-order valence-electron chi connectivity index (χ0n) is 7.61. The summed E-state index contributed by atoms with van der Waals surface area (Å²) in [4.78, 5) is 10.6. The molecule has 0 spiro atoms. The van der Waals surface area contributed by atoms with Crippen LogP contribution in [0.2, 0.25) is 0 Å². The van der Waals surface area contributed by atoms with Crippen molar-refractivity contribution in [2.24, 2.45) is 0 Å². The molecule has 0 amide bonds. The topological polar surface area (TPSA) is 77.8 Å². The van der Waals surface area contributed by atoms with Gasteiger partial charge in [-0.15, -0.1) is 0 Å². The van der Waals surface area contributed by atoms with Crippen LogP contribution in [0.5, 0.6) is 11.5 Å². The fourth-order valence-corrected chi connectivity index (χ4v) is 1.04. The maximum Gasteiger partial charge on any atom is 0.335 e. The predicted molar refractivity (Wildman–Crippen MR) is 51.2 cm³/mol. The van der Waals surface area contributed by atoms with Gasteiger partial charge in [0.1, 0.15) is 11.5 Å². The zero-order valence-corrected chi connectivity index (χ0v) is 7.61. The Kier molecular flexibility index (Phi) is 2.47. The lowest BCUT2D eigenvalue weighted by molar-refractivity contribution is -0.130. The van der Waals surface area contributed by atoms with Crippen molar-refractivity contribution >= 4 is 11.5 Å². The summed E-state index contributed by atoms with van der Waals surface area (Å²) in [6.45, 7) is 4.88. The highest BCUT2D eigenvalue weighted by molar-refractivity contribution is 6.15. The van der Waals surface area contributed by atoms with Crippen LogP contribution in [-0.4, -0.2) is 21.3 Å². The molecule has 0 aromatic heterocycles. The van der Waals surface area contributed by atoms with E-state index in [1.54, 1.807) is 6.92 Å². The van der Waals surface area contributed by atoms with Gasteiger partial charge in [0.05, 0.1) is 5.57 Å². The van der Waals surface area contributed by atoms with Gasteiger partial charge in [-0.3, -0.25) is 0 Å². The number of phenolic OH excluding ortho intramolecular Hbond substituents is 2. The molecule has 74 valence electrons. The minimum atomic E-state index is -1.23. The van der Waals surface area contributed by atoms with Crippen molar-refractivity contribution in [1.82, 2.24) is 0 Å². The molecular weight excluding hydrogens is 184 g/mol. The van der Waals surface area contributed by atoms with Gasteiger partial charge >= 0.3 is 5.97 Å². The van der Waals surface area contributed by atoms with Gasteiger partial charge in [-0.2, -0.15) is 0 Å². The Bertz CT molecular complexity index is 407. The van der Waals surface area contributed by atoms with E-state index < -0.39 is 5.97 Å². The van der Waals surface area contributed by atoms with E-state index in [0.717, 1.165) is 0 Å². The van der Waals surface area contributed by atoms with Crippen LogP contribution < -0.4 is 0 Å². The lowest BCUT2D eigenvalue weighted by Gasteiger charge is -2.06. The third-order valence-corrected chi connectivity index (χ3v) is 1.90. The first-order chi connectivity index (χ1) is 6.43. The molecule has 0 atom stereocenters. The molecule has 0 aliphatic rings. The molecule has 14 heavy (non-hydrogen) atoms.